The molecule has 0 aliphatic rings. The number of aromatic nitrogens is 4. The number of rotatable bonds is 5. The van der Waals surface area contributed by atoms with Gasteiger partial charge in [-0.2, -0.15) is 5.10 Å². The first kappa shape index (κ1) is 18.1. The maximum atomic E-state index is 12.5. The van der Waals surface area contributed by atoms with E-state index in [1.807, 2.05) is 31.2 Å². The number of esters is 1. The third-order valence-electron chi connectivity index (χ3n) is 4.48. The molecular weight excluding hydrogens is 380 g/mol. The number of hydrogen-bond acceptors (Lipinski definition) is 7. The van der Waals surface area contributed by atoms with Gasteiger partial charge in [-0.25, -0.2) is 4.98 Å². The summed E-state index contributed by atoms with van der Waals surface area (Å²) in [6.45, 7) is 1.18. The number of carbonyl (C=O) groups excluding carboxylic acids is 2. The van der Waals surface area contributed by atoms with Crippen LogP contribution in [0.4, 0.5) is 0 Å². The van der Waals surface area contributed by atoms with E-state index in [4.69, 9.17) is 4.74 Å². The smallest absolute Gasteiger partial charge is 0.326 e. The van der Waals surface area contributed by atoms with Gasteiger partial charge in [0, 0.05) is 11.7 Å². The van der Waals surface area contributed by atoms with E-state index in [2.05, 4.69) is 10.1 Å². The zero-order chi connectivity index (χ0) is 19.8. The molecule has 3 heterocycles. The van der Waals surface area contributed by atoms with Gasteiger partial charge in [0.05, 0.1) is 11.1 Å². The van der Waals surface area contributed by atoms with Crippen molar-refractivity contribution >= 4 is 44.2 Å². The molecule has 4 aromatic rings. The number of aryl methyl sites for hydroxylation is 2. The van der Waals surface area contributed by atoms with Gasteiger partial charge in [-0.15, -0.1) is 11.3 Å². The first-order chi connectivity index (χ1) is 13.5. The van der Waals surface area contributed by atoms with Crippen LogP contribution >= 0.6 is 11.3 Å². The van der Waals surface area contributed by atoms with Crippen molar-refractivity contribution in [2.45, 2.75) is 13.5 Å². The van der Waals surface area contributed by atoms with Gasteiger partial charge in [0.1, 0.15) is 18.3 Å². The normalized spacial score (nSPS) is 11.2. The van der Waals surface area contributed by atoms with Gasteiger partial charge < -0.3 is 4.74 Å². The number of benzene rings is 1. The summed E-state index contributed by atoms with van der Waals surface area (Å²) in [6, 6.07) is 7.74. The molecule has 0 radical (unpaired) electrons. The summed E-state index contributed by atoms with van der Waals surface area (Å²) < 4.78 is 8.72. The first-order valence-corrected chi connectivity index (χ1v) is 9.31. The molecule has 0 spiro atoms. The topological polar surface area (TPSA) is 96.1 Å². The number of carbonyl (C=O) groups is 2. The molecule has 28 heavy (non-hydrogen) atoms. The van der Waals surface area contributed by atoms with Crippen molar-refractivity contribution in [3.63, 3.8) is 0 Å². The Morgan fingerprint density at radius 2 is 2.00 bits per heavy atom. The van der Waals surface area contributed by atoms with E-state index in [9.17, 15) is 14.4 Å². The largest absolute Gasteiger partial charge is 0.456 e. The molecule has 0 saturated carbocycles. The standard InChI is InChI=1S/C19H16N4O4S/c1-11-12-5-3-4-6-15(12)28-17(11)14(24)9-27-16(25)8-23-10-20-18-13(19(23)26)7-21-22(18)2/h3-7,10H,8-9H2,1-2H3. The molecule has 0 amide bonds. The van der Waals surface area contributed by atoms with Crippen molar-refractivity contribution in [2.24, 2.45) is 7.05 Å². The number of fused-ring (bicyclic) bond motifs is 2. The molecule has 0 saturated heterocycles. The molecule has 0 bridgehead atoms. The predicted molar refractivity (Wildman–Crippen MR) is 105 cm³/mol. The van der Waals surface area contributed by atoms with Crippen molar-refractivity contribution in [1.82, 2.24) is 19.3 Å². The minimum Gasteiger partial charge on any atom is -0.456 e. The highest BCUT2D eigenvalue weighted by molar-refractivity contribution is 7.21. The molecule has 1 aromatic carbocycles. The fraction of sp³-hybridized carbons (Fsp3) is 0.211. The van der Waals surface area contributed by atoms with Crippen LogP contribution in [0.1, 0.15) is 15.2 Å². The van der Waals surface area contributed by atoms with Crippen LogP contribution in [0.2, 0.25) is 0 Å². The van der Waals surface area contributed by atoms with E-state index in [1.54, 1.807) is 7.05 Å². The quantitative estimate of drug-likeness (QED) is 0.379. The molecule has 142 valence electrons. The highest BCUT2D eigenvalue weighted by Gasteiger charge is 2.18. The highest BCUT2D eigenvalue weighted by atomic mass is 32.1. The zero-order valence-electron chi connectivity index (χ0n) is 15.2. The van der Waals surface area contributed by atoms with Gasteiger partial charge in [0.2, 0.25) is 5.78 Å². The molecule has 0 unspecified atom stereocenters. The molecule has 0 aliphatic carbocycles. The Bertz CT molecular complexity index is 1280. The lowest BCUT2D eigenvalue weighted by Gasteiger charge is -2.06. The van der Waals surface area contributed by atoms with Crippen LogP contribution in [0.5, 0.6) is 0 Å². The minimum absolute atomic E-state index is 0.264. The molecular formula is C19H16N4O4S. The Morgan fingerprint density at radius 3 is 2.79 bits per heavy atom. The number of nitrogens with zero attached hydrogens (tertiary/aromatic N) is 4. The molecule has 0 fully saturated rings. The van der Waals surface area contributed by atoms with Crippen LogP contribution in [-0.4, -0.2) is 37.7 Å². The van der Waals surface area contributed by atoms with Gasteiger partial charge in [-0.05, 0) is 23.9 Å². The number of ketones is 1. The lowest BCUT2D eigenvalue weighted by molar-refractivity contribution is -0.143. The zero-order valence-corrected chi connectivity index (χ0v) is 16.0. The van der Waals surface area contributed by atoms with Crippen molar-refractivity contribution < 1.29 is 14.3 Å². The highest BCUT2D eigenvalue weighted by Crippen LogP contribution is 2.30. The molecule has 0 N–H and O–H groups in total. The van der Waals surface area contributed by atoms with E-state index in [-0.39, 0.29) is 24.5 Å². The maximum Gasteiger partial charge on any atom is 0.326 e. The Balaban J connectivity index is 1.45. The van der Waals surface area contributed by atoms with Crippen LogP contribution in [0.3, 0.4) is 0 Å². The Morgan fingerprint density at radius 1 is 1.21 bits per heavy atom. The van der Waals surface area contributed by atoms with Crippen LogP contribution < -0.4 is 5.56 Å². The van der Waals surface area contributed by atoms with Gasteiger partial charge in [-0.3, -0.25) is 23.6 Å². The van der Waals surface area contributed by atoms with E-state index < -0.39 is 5.97 Å². The third kappa shape index (κ3) is 3.09. The van der Waals surface area contributed by atoms with E-state index in [0.717, 1.165) is 20.2 Å². The van der Waals surface area contributed by atoms with Crippen molar-refractivity contribution in [1.29, 1.82) is 0 Å². The minimum atomic E-state index is -0.681. The van der Waals surface area contributed by atoms with E-state index in [1.165, 1.54) is 28.5 Å². The maximum absolute atomic E-state index is 12.5. The Kier molecular flexibility index (Phi) is 4.52. The molecule has 9 heteroatoms. The summed E-state index contributed by atoms with van der Waals surface area (Å²) in [5.74, 6) is -0.945. The number of ether oxygens (including phenoxy) is 1. The van der Waals surface area contributed by atoms with Gasteiger partial charge in [0.15, 0.2) is 12.3 Å². The Hall–Kier alpha value is -3.33. The summed E-state index contributed by atoms with van der Waals surface area (Å²) in [5, 5.41) is 5.31. The van der Waals surface area contributed by atoms with E-state index in [0.29, 0.717) is 15.9 Å². The fourth-order valence-corrected chi connectivity index (χ4v) is 4.15. The summed E-state index contributed by atoms with van der Waals surface area (Å²) in [5.41, 5.74) is 0.927. The summed E-state index contributed by atoms with van der Waals surface area (Å²) in [7, 11) is 1.68. The number of Topliss-reactive ketones (excluding diaryl/α,β-unsaturated/α-hetero) is 1. The number of hydrogen-bond donors (Lipinski definition) is 0. The average Bonchev–Trinajstić information content (AvgIpc) is 3.23. The second kappa shape index (κ2) is 7.01. The molecule has 8 nitrogen and oxygen atoms in total. The average molecular weight is 396 g/mol. The lowest BCUT2D eigenvalue weighted by Crippen LogP contribution is -2.26. The molecule has 0 aliphatic heterocycles. The summed E-state index contributed by atoms with van der Waals surface area (Å²) >= 11 is 1.38. The van der Waals surface area contributed by atoms with Gasteiger partial charge in [0.25, 0.3) is 5.56 Å². The van der Waals surface area contributed by atoms with Crippen molar-refractivity contribution in [2.75, 3.05) is 6.61 Å². The van der Waals surface area contributed by atoms with Gasteiger partial charge >= 0.3 is 5.97 Å². The van der Waals surface area contributed by atoms with Crippen LogP contribution in [0, 0.1) is 6.92 Å². The van der Waals surface area contributed by atoms with Crippen LogP contribution in [-0.2, 0) is 23.1 Å². The molecule has 3 aromatic heterocycles. The molecule has 4 rings (SSSR count). The fourth-order valence-electron chi connectivity index (χ4n) is 3.02. The van der Waals surface area contributed by atoms with Crippen LogP contribution in [0.25, 0.3) is 21.1 Å². The van der Waals surface area contributed by atoms with Crippen LogP contribution in [0.15, 0.2) is 41.6 Å². The lowest BCUT2D eigenvalue weighted by atomic mass is 10.1. The SMILES string of the molecule is Cc1c(C(=O)COC(=O)Cn2cnc3c(cnn3C)c2=O)sc2ccccc12. The second-order valence-electron chi connectivity index (χ2n) is 6.32. The van der Waals surface area contributed by atoms with Crippen molar-refractivity contribution in [3.05, 3.63) is 57.6 Å². The Labute approximate surface area is 163 Å². The monoisotopic (exact) mass is 396 g/mol. The number of thiophene rings is 1. The predicted octanol–water partition coefficient (Wildman–Crippen LogP) is 2.08. The molecule has 0 atom stereocenters. The van der Waals surface area contributed by atoms with Gasteiger partial charge in [-0.1, -0.05) is 18.2 Å². The van der Waals surface area contributed by atoms with Crippen molar-refractivity contribution in [3.8, 4) is 0 Å². The second-order valence-corrected chi connectivity index (χ2v) is 7.37. The first-order valence-electron chi connectivity index (χ1n) is 8.50. The summed E-state index contributed by atoms with van der Waals surface area (Å²) in [4.78, 5) is 41.7. The van der Waals surface area contributed by atoms with E-state index >= 15 is 0 Å². The third-order valence-corrected chi connectivity index (χ3v) is 5.79. The summed E-state index contributed by atoms with van der Waals surface area (Å²) in [6.07, 6.45) is 2.67.